The number of rotatable bonds is 9. The van der Waals surface area contributed by atoms with E-state index in [1.807, 2.05) is 23.6 Å². The summed E-state index contributed by atoms with van der Waals surface area (Å²) >= 11 is 0. The van der Waals surface area contributed by atoms with Crippen LogP contribution >= 0.6 is 0 Å². The number of sulfonamides is 1. The lowest BCUT2D eigenvalue weighted by atomic mass is 10.1. The summed E-state index contributed by atoms with van der Waals surface area (Å²) in [7, 11) is 2.76. The summed E-state index contributed by atoms with van der Waals surface area (Å²) in [6, 6.07) is 12.1. The molecule has 0 saturated carbocycles. The van der Waals surface area contributed by atoms with Crippen molar-refractivity contribution in [3.05, 3.63) is 59.4 Å². The highest BCUT2D eigenvalue weighted by Gasteiger charge is 2.20. The van der Waals surface area contributed by atoms with Crippen molar-refractivity contribution < 1.29 is 18.0 Å². The first-order chi connectivity index (χ1) is 16.1. The van der Waals surface area contributed by atoms with Gasteiger partial charge in [0.2, 0.25) is 15.9 Å². The molecule has 34 heavy (non-hydrogen) atoms. The van der Waals surface area contributed by atoms with Crippen LogP contribution in [-0.2, 0) is 34.3 Å². The standard InChI is InChI=1S/C24H31N5O4S/c1-6-29-21-12-11-19(34(32,33)27(3)4)15-20(21)26-22(29)13-14-23(30)28(5)16-17-7-9-18(10-8-17)24(31)25-2/h7-12,15H,6,13-14,16H2,1-5H3,(H,25,31). The molecule has 1 N–H and O–H groups in total. The lowest BCUT2D eigenvalue weighted by Gasteiger charge is -2.17. The normalized spacial score (nSPS) is 11.7. The second-order valence-electron chi connectivity index (χ2n) is 8.24. The Morgan fingerprint density at radius 1 is 1.06 bits per heavy atom. The van der Waals surface area contributed by atoms with Gasteiger partial charge >= 0.3 is 0 Å². The molecule has 0 fully saturated rings. The third-order valence-electron chi connectivity index (χ3n) is 5.74. The van der Waals surface area contributed by atoms with E-state index in [1.54, 1.807) is 49.3 Å². The van der Waals surface area contributed by atoms with Gasteiger partial charge in [0, 0.05) is 59.7 Å². The van der Waals surface area contributed by atoms with Gasteiger partial charge in [-0.15, -0.1) is 0 Å². The van der Waals surface area contributed by atoms with E-state index in [4.69, 9.17) is 0 Å². The van der Waals surface area contributed by atoms with Gasteiger partial charge in [-0.3, -0.25) is 9.59 Å². The molecular formula is C24H31N5O4S. The first-order valence-corrected chi connectivity index (χ1v) is 12.5. The number of imidazole rings is 1. The molecule has 0 spiro atoms. The van der Waals surface area contributed by atoms with Crippen molar-refractivity contribution in [3.63, 3.8) is 0 Å². The van der Waals surface area contributed by atoms with Crippen LogP contribution in [0.2, 0.25) is 0 Å². The van der Waals surface area contributed by atoms with Crippen LogP contribution in [0.1, 0.15) is 35.1 Å². The molecule has 0 aliphatic rings. The number of carbonyl (C=O) groups is 2. The second-order valence-corrected chi connectivity index (χ2v) is 10.4. The van der Waals surface area contributed by atoms with E-state index in [2.05, 4.69) is 10.3 Å². The SMILES string of the molecule is CCn1c(CCC(=O)N(C)Cc2ccc(C(=O)NC)cc2)nc2cc(S(=O)(=O)N(C)C)ccc21. The Bertz CT molecular complexity index is 1300. The van der Waals surface area contributed by atoms with Gasteiger partial charge < -0.3 is 14.8 Å². The summed E-state index contributed by atoms with van der Waals surface area (Å²) in [5.41, 5.74) is 2.93. The number of amides is 2. The number of hydrogen-bond acceptors (Lipinski definition) is 5. The molecular weight excluding hydrogens is 454 g/mol. The van der Waals surface area contributed by atoms with E-state index in [0.717, 1.165) is 16.9 Å². The molecule has 10 heteroatoms. The fraction of sp³-hybridized carbons (Fsp3) is 0.375. The smallest absolute Gasteiger partial charge is 0.251 e. The largest absolute Gasteiger partial charge is 0.355 e. The number of hydrogen-bond donors (Lipinski definition) is 1. The van der Waals surface area contributed by atoms with Crippen LogP contribution in [0.4, 0.5) is 0 Å². The van der Waals surface area contributed by atoms with Gasteiger partial charge in [-0.1, -0.05) is 12.1 Å². The minimum atomic E-state index is -3.55. The van der Waals surface area contributed by atoms with Crippen LogP contribution in [0.3, 0.4) is 0 Å². The maximum Gasteiger partial charge on any atom is 0.251 e. The zero-order chi connectivity index (χ0) is 25.0. The maximum atomic E-state index is 12.8. The van der Waals surface area contributed by atoms with Gasteiger partial charge in [-0.05, 0) is 42.8 Å². The lowest BCUT2D eigenvalue weighted by molar-refractivity contribution is -0.130. The number of benzene rings is 2. The molecule has 0 radical (unpaired) electrons. The van der Waals surface area contributed by atoms with Crippen molar-refractivity contribution in [2.45, 2.75) is 37.8 Å². The summed E-state index contributed by atoms with van der Waals surface area (Å²) in [6.45, 7) is 3.08. The van der Waals surface area contributed by atoms with E-state index in [9.17, 15) is 18.0 Å². The first-order valence-electron chi connectivity index (χ1n) is 11.0. The summed E-state index contributed by atoms with van der Waals surface area (Å²) < 4.78 is 28.1. The molecule has 3 aromatic rings. The van der Waals surface area contributed by atoms with Crippen molar-refractivity contribution in [1.82, 2.24) is 24.1 Å². The predicted octanol–water partition coefficient (Wildman–Crippen LogP) is 2.26. The average Bonchev–Trinajstić information content (AvgIpc) is 3.18. The van der Waals surface area contributed by atoms with Crippen LogP contribution in [0.15, 0.2) is 47.4 Å². The van der Waals surface area contributed by atoms with E-state index in [0.29, 0.717) is 30.6 Å². The Balaban J connectivity index is 1.71. The van der Waals surface area contributed by atoms with Crippen molar-refractivity contribution in [1.29, 1.82) is 0 Å². The second kappa shape index (κ2) is 10.4. The molecule has 3 rings (SSSR count). The zero-order valence-electron chi connectivity index (χ0n) is 20.2. The highest BCUT2D eigenvalue weighted by Crippen LogP contribution is 2.23. The molecule has 0 unspecified atom stereocenters. The maximum absolute atomic E-state index is 12.8. The summed E-state index contributed by atoms with van der Waals surface area (Å²) in [5.74, 6) is 0.566. The van der Waals surface area contributed by atoms with Crippen molar-refractivity contribution >= 4 is 32.9 Å². The van der Waals surface area contributed by atoms with Gasteiger partial charge in [0.1, 0.15) is 5.82 Å². The predicted molar refractivity (Wildman–Crippen MR) is 131 cm³/mol. The molecule has 1 aromatic heterocycles. The molecule has 2 amide bonds. The number of carbonyl (C=O) groups excluding carboxylic acids is 2. The third kappa shape index (κ3) is 5.28. The van der Waals surface area contributed by atoms with Gasteiger partial charge in [-0.25, -0.2) is 17.7 Å². The topological polar surface area (TPSA) is 105 Å². The molecule has 9 nitrogen and oxygen atoms in total. The van der Waals surface area contributed by atoms with Crippen molar-refractivity contribution in [3.8, 4) is 0 Å². The zero-order valence-corrected chi connectivity index (χ0v) is 21.0. The summed E-state index contributed by atoms with van der Waals surface area (Å²) in [6.07, 6.45) is 0.718. The number of nitrogens with zero attached hydrogens (tertiary/aromatic N) is 4. The van der Waals surface area contributed by atoms with Crippen LogP contribution in [-0.4, -0.2) is 67.2 Å². The molecule has 182 valence electrons. The molecule has 0 bridgehead atoms. The Hall–Kier alpha value is -3.24. The molecule has 0 aliphatic heterocycles. The van der Waals surface area contributed by atoms with Gasteiger partial charge in [0.15, 0.2) is 0 Å². The van der Waals surface area contributed by atoms with Crippen LogP contribution in [0, 0.1) is 0 Å². The molecule has 0 saturated heterocycles. The van der Waals surface area contributed by atoms with E-state index in [-0.39, 0.29) is 23.1 Å². The fourth-order valence-electron chi connectivity index (χ4n) is 3.75. The van der Waals surface area contributed by atoms with E-state index >= 15 is 0 Å². The highest BCUT2D eigenvalue weighted by molar-refractivity contribution is 7.89. The van der Waals surface area contributed by atoms with Crippen molar-refractivity contribution in [2.24, 2.45) is 0 Å². The van der Waals surface area contributed by atoms with Gasteiger partial charge in [0.05, 0.1) is 15.9 Å². The molecule has 0 atom stereocenters. The Labute approximate surface area is 200 Å². The monoisotopic (exact) mass is 485 g/mol. The quantitative estimate of drug-likeness (QED) is 0.501. The third-order valence-corrected chi connectivity index (χ3v) is 7.56. The van der Waals surface area contributed by atoms with Crippen LogP contribution in [0.25, 0.3) is 11.0 Å². The fourth-order valence-corrected chi connectivity index (χ4v) is 4.67. The molecule has 1 heterocycles. The Morgan fingerprint density at radius 3 is 2.32 bits per heavy atom. The summed E-state index contributed by atoms with van der Waals surface area (Å²) in [4.78, 5) is 30.9. The van der Waals surface area contributed by atoms with Crippen LogP contribution in [0.5, 0.6) is 0 Å². The Kier molecular flexibility index (Phi) is 7.73. The average molecular weight is 486 g/mol. The number of nitrogens with one attached hydrogen (secondary N) is 1. The van der Waals surface area contributed by atoms with E-state index in [1.165, 1.54) is 18.4 Å². The van der Waals surface area contributed by atoms with Crippen LogP contribution < -0.4 is 5.32 Å². The molecule has 2 aromatic carbocycles. The minimum absolute atomic E-state index is 0.0269. The highest BCUT2D eigenvalue weighted by atomic mass is 32.2. The van der Waals surface area contributed by atoms with Gasteiger partial charge in [-0.2, -0.15) is 0 Å². The number of fused-ring (bicyclic) bond motifs is 1. The molecule has 0 aliphatic carbocycles. The number of aromatic nitrogens is 2. The summed E-state index contributed by atoms with van der Waals surface area (Å²) in [5, 5.41) is 2.58. The lowest BCUT2D eigenvalue weighted by Crippen LogP contribution is -2.26. The number of aryl methyl sites for hydroxylation is 2. The van der Waals surface area contributed by atoms with Crippen molar-refractivity contribution in [2.75, 3.05) is 28.2 Å². The minimum Gasteiger partial charge on any atom is -0.355 e. The Morgan fingerprint density at radius 2 is 1.74 bits per heavy atom. The first kappa shape index (κ1) is 25.4. The van der Waals surface area contributed by atoms with Gasteiger partial charge in [0.25, 0.3) is 5.91 Å². The van der Waals surface area contributed by atoms with E-state index < -0.39 is 10.0 Å².